The minimum Gasteiger partial charge on any atom is -0.490 e. The summed E-state index contributed by atoms with van der Waals surface area (Å²) >= 11 is 0. The topological polar surface area (TPSA) is 52.6 Å². The summed E-state index contributed by atoms with van der Waals surface area (Å²) in [5.41, 5.74) is 1.45. The van der Waals surface area contributed by atoms with Crippen LogP contribution in [0.5, 0.6) is 5.75 Å². The summed E-state index contributed by atoms with van der Waals surface area (Å²) < 4.78 is 10.9. The predicted octanol–water partition coefficient (Wildman–Crippen LogP) is 3.93. The molecule has 0 radical (unpaired) electrons. The second kappa shape index (κ2) is 6.27. The van der Waals surface area contributed by atoms with E-state index >= 15 is 0 Å². The van der Waals surface area contributed by atoms with E-state index in [9.17, 15) is 9.59 Å². The van der Waals surface area contributed by atoms with Crippen LogP contribution >= 0.6 is 0 Å². The summed E-state index contributed by atoms with van der Waals surface area (Å²) in [5, 5.41) is 0. The van der Waals surface area contributed by atoms with Crippen molar-refractivity contribution in [3.05, 3.63) is 53.8 Å². The van der Waals surface area contributed by atoms with Crippen molar-refractivity contribution in [1.29, 1.82) is 0 Å². The van der Waals surface area contributed by atoms with Gasteiger partial charge in [-0.05, 0) is 23.1 Å². The molecule has 126 valence electrons. The molecule has 0 amide bonds. The van der Waals surface area contributed by atoms with Crippen LogP contribution in [-0.4, -0.2) is 18.4 Å². The van der Waals surface area contributed by atoms with Crippen LogP contribution in [0.15, 0.2) is 48.3 Å². The highest BCUT2D eigenvalue weighted by Crippen LogP contribution is 2.45. The van der Waals surface area contributed by atoms with E-state index in [1.54, 1.807) is 6.08 Å². The lowest BCUT2D eigenvalue weighted by Crippen LogP contribution is -2.33. The third-order valence-corrected chi connectivity index (χ3v) is 4.49. The number of rotatable bonds is 4. The van der Waals surface area contributed by atoms with Gasteiger partial charge in [-0.3, -0.25) is 9.59 Å². The maximum atomic E-state index is 12.7. The zero-order valence-corrected chi connectivity index (χ0v) is 14.1. The largest absolute Gasteiger partial charge is 0.490 e. The number of allylic oxidation sites excluding steroid dienone is 2. The van der Waals surface area contributed by atoms with Crippen molar-refractivity contribution in [2.45, 2.75) is 39.0 Å². The fraction of sp³-hybridized carbons (Fsp3) is 0.400. The predicted molar refractivity (Wildman–Crippen MR) is 90.6 cm³/mol. The molecule has 0 aromatic heterocycles. The molecule has 3 rings (SSSR count). The van der Waals surface area contributed by atoms with E-state index in [1.807, 2.05) is 38.1 Å². The zero-order valence-electron chi connectivity index (χ0n) is 14.1. The number of esters is 1. The van der Waals surface area contributed by atoms with Gasteiger partial charge in [-0.25, -0.2) is 0 Å². The molecule has 1 aromatic carbocycles. The highest BCUT2D eigenvalue weighted by molar-refractivity contribution is 6.00. The second-order valence-electron chi connectivity index (χ2n) is 7.18. The van der Waals surface area contributed by atoms with Gasteiger partial charge in [0.1, 0.15) is 18.1 Å². The molecular formula is C20H22O4. The van der Waals surface area contributed by atoms with Crippen molar-refractivity contribution in [1.82, 2.24) is 0 Å². The van der Waals surface area contributed by atoms with Gasteiger partial charge in [0.15, 0.2) is 5.78 Å². The first-order valence-corrected chi connectivity index (χ1v) is 8.20. The molecule has 0 bridgehead atoms. The van der Waals surface area contributed by atoms with Crippen LogP contribution in [0.25, 0.3) is 0 Å². The Morgan fingerprint density at radius 1 is 1.25 bits per heavy atom. The Hall–Kier alpha value is -2.36. The normalized spacial score (nSPS) is 22.7. The molecule has 2 aliphatic rings. The minimum atomic E-state index is -0.267. The van der Waals surface area contributed by atoms with Gasteiger partial charge in [0.05, 0.1) is 6.42 Å². The number of benzene rings is 1. The van der Waals surface area contributed by atoms with Crippen LogP contribution in [0.1, 0.15) is 44.6 Å². The average Bonchev–Trinajstić information content (AvgIpc) is 2.51. The summed E-state index contributed by atoms with van der Waals surface area (Å²) in [6.45, 7) is 8.11. The van der Waals surface area contributed by atoms with E-state index < -0.39 is 0 Å². The first kappa shape index (κ1) is 16.5. The Kier molecular flexibility index (Phi) is 4.31. The summed E-state index contributed by atoms with van der Waals surface area (Å²) in [5.74, 6) is 0.895. The first-order chi connectivity index (χ1) is 11.4. The molecule has 1 atom stereocenters. The molecule has 0 spiro atoms. The quantitative estimate of drug-likeness (QED) is 0.621. The van der Waals surface area contributed by atoms with E-state index in [0.717, 1.165) is 11.3 Å². The van der Waals surface area contributed by atoms with E-state index in [-0.39, 0.29) is 29.5 Å². The summed E-state index contributed by atoms with van der Waals surface area (Å²) in [7, 11) is 0. The van der Waals surface area contributed by atoms with Gasteiger partial charge in [0, 0.05) is 24.3 Å². The van der Waals surface area contributed by atoms with Crippen LogP contribution < -0.4 is 4.74 Å². The molecule has 4 nitrogen and oxygen atoms in total. The first-order valence-electron chi connectivity index (χ1n) is 8.20. The van der Waals surface area contributed by atoms with Crippen LogP contribution in [-0.2, 0) is 14.3 Å². The van der Waals surface area contributed by atoms with Gasteiger partial charge >= 0.3 is 5.97 Å². The van der Waals surface area contributed by atoms with E-state index in [1.165, 1.54) is 0 Å². The van der Waals surface area contributed by atoms with Gasteiger partial charge in [-0.15, -0.1) is 0 Å². The van der Waals surface area contributed by atoms with Crippen molar-refractivity contribution >= 4 is 11.8 Å². The number of carbonyl (C=O) groups is 2. The molecule has 1 aliphatic carbocycles. The highest BCUT2D eigenvalue weighted by Gasteiger charge is 2.42. The lowest BCUT2D eigenvalue weighted by Gasteiger charge is -2.36. The molecule has 0 saturated heterocycles. The number of ketones is 1. The maximum absolute atomic E-state index is 12.7. The Morgan fingerprint density at radius 2 is 1.96 bits per heavy atom. The molecule has 1 aliphatic heterocycles. The fourth-order valence-corrected chi connectivity index (χ4v) is 3.44. The average molecular weight is 326 g/mol. The van der Waals surface area contributed by atoms with Crippen molar-refractivity contribution in [2.24, 2.45) is 5.41 Å². The second-order valence-corrected chi connectivity index (χ2v) is 7.18. The zero-order chi connectivity index (χ0) is 17.3. The van der Waals surface area contributed by atoms with Crippen molar-refractivity contribution in [3.63, 3.8) is 0 Å². The highest BCUT2D eigenvalue weighted by atomic mass is 16.5. The molecule has 24 heavy (non-hydrogen) atoms. The van der Waals surface area contributed by atoms with Crippen molar-refractivity contribution < 1.29 is 19.1 Å². The Balaban J connectivity index is 1.93. The van der Waals surface area contributed by atoms with Crippen LogP contribution in [0.2, 0.25) is 0 Å². The van der Waals surface area contributed by atoms with Crippen LogP contribution in [0.3, 0.4) is 0 Å². The van der Waals surface area contributed by atoms with Gasteiger partial charge in [-0.2, -0.15) is 0 Å². The standard InChI is InChI=1S/C20H22O4/c1-4-9-23-14-7-5-13(6-8-14)15-10-18(22)24-17-12-20(2,3)11-16(21)19(15)17/h4-8,15H,1,9-12H2,2-3H3. The van der Waals surface area contributed by atoms with Gasteiger partial charge in [0.25, 0.3) is 0 Å². The molecule has 1 aromatic rings. The summed E-state index contributed by atoms with van der Waals surface area (Å²) in [6, 6.07) is 7.55. The molecule has 0 N–H and O–H groups in total. The van der Waals surface area contributed by atoms with E-state index in [2.05, 4.69) is 6.58 Å². The Labute approximate surface area is 142 Å². The number of hydrogen-bond acceptors (Lipinski definition) is 4. The lowest BCUT2D eigenvalue weighted by atomic mass is 9.71. The monoisotopic (exact) mass is 326 g/mol. The number of Topliss-reactive ketones (excluding diaryl/α,β-unsaturated/α-hetero) is 1. The molecular weight excluding hydrogens is 304 g/mol. The molecule has 1 unspecified atom stereocenters. The minimum absolute atomic E-state index is 0.0886. The van der Waals surface area contributed by atoms with E-state index in [0.29, 0.717) is 30.8 Å². The third kappa shape index (κ3) is 3.28. The third-order valence-electron chi connectivity index (χ3n) is 4.49. The van der Waals surface area contributed by atoms with Crippen LogP contribution in [0, 0.1) is 5.41 Å². The molecule has 4 heteroatoms. The SMILES string of the molecule is C=CCOc1ccc(C2CC(=O)OC3=C2C(=O)CC(C)(C)C3)cc1. The summed E-state index contributed by atoms with van der Waals surface area (Å²) in [6.07, 6.45) is 3.00. The van der Waals surface area contributed by atoms with E-state index in [4.69, 9.17) is 9.47 Å². The maximum Gasteiger partial charge on any atom is 0.311 e. The molecule has 0 saturated carbocycles. The van der Waals surface area contributed by atoms with Crippen LogP contribution in [0.4, 0.5) is 0 Å². The fourth-order valence-electron chi connectivity index (χ4n) is 3.44. The van der Waals surface area contributed by atoms with Crippen molar-refractivity contribution in [3.8, 4) is 5.75 Å². The number of hydrogen-bond donors (Lipinski definition) is 0. The molecule has 0 fully saturated rings. The Bertz CT molecular complexity index is 710. The van der Waals surface area contributed by atoms with Gasteiger partial charge in [0.2, 0.25) is 0 Å². The smallest absolute Gasteiger partial charge is 0.311 e. The number of carbonyl (C=O) groups excluding carboxylic acids is 2. The van der Waals surface area contributed by atoms with Crippen molar-refractivity contribution in [2.75, 3.05) is 6.61 Å². The van der Waals surface area contributed by atoms with Gasteiger partial charge < -0.3 is 9.47 Å². The number of ether oxygens (including phenoxy) is 2. The Morgan fingerprint density at radius 3 is 2.62 bits per heavy atom. The molecule has 1 heterocycles. The lowest BCUT2D eigenvalue weighted by molar-refractivity contribution is -0.142. The van der Waals surface area contributed by atoms with Gasteiger partial charge in [-0.1, -0.05) is 38.6 Å². The summed E-state index contributed by atoms with van der Waals surface area (Å²) in [4.78, 5) is 24.7.